The Labute approximate surface area is 93.8 Å². The van der Waals surface area contributed by atoms with Gasteiger partial charge in [-0.05, 0) is 38.6 Å². The molecule has 0 bridgehead atoms. The highest BCUT2D eigenvalue weighted by atomic mass is 16.3. The minimum absolute atomic E-state index is 0.388. The number of hydrogen-bond acceptors (Lipinski definition) is 2. The summed E-state index contributed by atoms with van der Waals surface area (Å²) in [6.07, 6.45) is 11.2. The predicted octanol–water partition coefficient (Wildman–Crippen LogP) is 2.63. The van der Waals surface area contributed by atoms with E-state index in [4.69, 9.17) is 0 Å². The van der Waals surface area contributed by atoms with E-state index >= 15 is 0 Å². The molecule has 1 aliphatic rings. The topological polar surface area (TPSA) is 32.3 Å². The fraction of sp³-hybridized carbons (Fsp3) is 0.846. The summed E-state index contributed by atoms with van der Waals surface area (Å²) in [4.78, 5) is 0. The molecule has 2 heteroatoms. The summed E-state index contributed by atoms with van der Waals surface area (Å²) < 4.78 is 0. The average molecular weight is 211 g/mol. The lowest BCUT2D eigenvalue weighted by molar-refractivity contribution is 0.0479. The summed E-state index contributed by atoms with van der Waals surface area (Å²) in [6, 6.07) is 0. The van der Waals surface area contributed by atoms with Crippen molar-refractivity contribution in [3.05, 3.63) is 12.7 Å². The van der Waals surface area contributed by atoms with Crippen LogP contribution in [0.2, 0.25) is 0 Å². The Balaban J connectivity index is 1.90. The van der Waals surface area contributed by atoms with E-state index in [0.29, 0.717) is 0 Å². The molecule has 0 aromatic heterocycles. The van der Waals surface area contributed by atoms with Crippen LogP contribution in [0.4, 0.5) is 0 Å². The van der Waals surface area contributed by atoms with E-state index in [1.54, 1.807) is 0 Å². The summed E-state index contributed by atoms with van der Waals surface area (Å²) in [5.41, 5.74) is -0.388. The lowest BCUT2D eigenvalue weighted by Crippen LogP contribution is -2.38. The van der Waals surface area contributed by atoms with Crippen molar-refractivity contribution >= 4 is 0 Å². The fourth-order valence-electron chi connectivity index (χ4n) is 2.25. The first kappa shape index (κ1) is 12.7. The van der Waals surface area contributed by atoms with Gasteiger partial charge in [-0.3, -0.25) is 0 Å². The van der Waals surface area contributed by atoms with Gasteiger partial charge in [0.1, 0.15) is 0 Å². The maximum absolute atomic E-state index is 10.1. The summed E-state index contributed by atoms with van der Waals surface area (Å²) in [5, 5.41) is 13.4. The van der Waals surface area contributed by atoms with Crippen molar-refractivity contribution in [2.45, 2.75) is 57.0 Å². The Hall–Kier alpha value is -0.340. The number of aliphatic hydroxyl groups is 1. The normalized spacial score (nSPS) is 19.3. The van der Waals surface area contributed by atoms with Gasteiger partial charge in [0.15, 0.2) is 0 Å². The Bertz CT molecular complexity index is 173. The molecular weight excluding hydrogens is 186 g/mol. The van der Waals surface area contributed by atoms with Crippen LogP contribution >= 0.6 is 0 Å². The maximum Gasteiger partial charge on any atom is 0.0771 e. The van der Waals surface area contributed by atoms with Crippen LogP contribution in [0.25, 0.3) is 0 Å². The number of allylic oxidation sites excluding steroid dienone is 1. The zero-order chi connectivity index (χ0) is 11.0. The molecule has 0 spiro atoms. The van der Waals surface area contributed by atoms with E-state index in [-0.39, 0.29) is 5.60 Å². The zero-order valence-electron chi connectivity index (χ0n) is 9.80. The Kier molecular flexibility index (Phi) is 5.96. The maximum atomic E-state index is 10.1. The lowest BCUT2D eigenvalue weighted by atomic mass is 10.0. The van der Waals surface area contributed by atoms with Gasteiger partial charge in [-0.25, -0.2) is 0 Å². The molecule has 0 heterocycles. The Morgan fingerprint density at radius 3 is 2.60 bits per heavy atom. The first-order chi connectivity index (χ1) is 7.27. The van der Waals surface area contributed by atoms with Crippen molar-refractivity contribution in [2.75, 3.05) is 13.1 Å². The van der Waals surface area contributed by atoms with Crippen LogP contribution in [0, 0.1) is 0 Å². The highest BCUT2D eigenvalue weighted by Crippen LogP contribution is 2.28. The zero-order valence-corrected chi connectivity index (χ0v) is 9.80. The van der Waals surface area contributed by atoms with Crippen LogP contribution in [-0.4, -0.2) is 23.8 Å². The van der Waals surface area contributed by atoms with Gasteiger partial charge in [-0.15, -0.1) is 6.58 Å². The second-order valence-electron chi connectivity index (χ2n) is 4.75. The van der Waals surface area contributed by atoms with Gasteiger partial charge in [0, 0.05) is 6.54 Å². The molecular formula is C13H25NO. The average Bonchev–Trinajstić information content (AvgIpc) is 2.64. The van der Waals surface area contributed by atoms with Crippen LogP contribution in [-0.2, 0) is 0 Å². The second-order valence-corrected chi connectivity index (χ2v) is 4.75. The van der Waals surface area contributed by atoms with Crippen LogP contribution in [0.15, 0.2) is 12.7 Å². The third-order valence-electron chi connectivity index (χ3n) is 3.25. The third-order valence-corrected chi connectivity index (χ3v) is 3.25. The molecule has 15 heavy (non-hydrogen) atoms. The van der Waals surface area contributed by atoms with Gasteiger partial charge < -0.3 is 10.4 Å². The van der Waals surface area contributed by atoms with E-state index in [1.807, 2.05) is 6.08 Å². The highest BCUT2D eigenvalue weighted by Gasteiger charge is 2.30. The Morgan fingerprint density at radius 2 is 1.93 bits per heavy atom. The monoisotopic (exact) mass is 211 g/mol. The summed E-state index contributed by atoms with van der Waals surface area (Å²) in [5.74, 6) is 0. The van der Waals surface area contributed by atoms with Gasteiger partial charge in [0.2, 0.25) is 0 Å². The van der Waals surface area contributed by atoms with Gasteiger partial charge in [-0.1, -0.05) is 25.3 Å². The molecule has 1 rings (SSSR count). The van der Waals surface area contributed by atoms with Gasteiger partial charge in [-0.2, -0.15) is 0 Å². The smallest absolute Gasteiger partial charge is 0.0771 e. The molecule has 0 saturated heterocycles. The van der Waals surface area contributed by atoms with Crippen LogP contribution < -0.4 is 5.32 Å². The first-order valence-corrected chi connectivity index (χ1v) is 6.31. The van der Waals surface area contributed by atoms with Crippen molar-refractivity contribution in [1.29, 1.82) is 0 Å². The molecule has 2 N–H and O–H groups in total. The quantitative estimate of drug-likeness (QED) is 0.478. The van der Waals surface area contributed by atoms with E-state index in [9.17, 15) is 5.11 Å². The molecule has 0 aromatic rings. The Morgan fingerprint density at radius 1 is 1.20 bits per heavy atom. The van der Waals surface area contributed by atoms with Crippen molar-refractivity contribution < 1.29 is 5.11 Å². The number of nitrogens with one attached hydrogen (secondary N) is 1. The molecule has 1 aliphatic carbocycles. The first-order valence-electron chi connectivity index (χ1n) is 6.31. The number of unbranched alkanes of at least 4 members (excludes halogenated alkanes) is 3. The van der Waals surface area contributed by atoms with Crippen molar-refractivity contribution in [3.63, 3.8) is 0 Å². The predicted molar refractivity (Wildman–Crippen MR) is 65.0 cm³/mol. The molecule has 2 nitrogen and oxygen atoms in total. The minimum Gasteiger partial charge on any atom is -0.389 e. The molecule has 1 saturated carbocycles. The SMILES string of the molecule is C=CCCCCCNCC1(O)CCCC1. The van der Waals surface area contributed by atoms with E-state index in [0.717, 1.165) is 32.4 Å². The van der Waals surface area contributed by atoms with E-state index in [1.165, 1.54) is 32.1 Å². The van der Waals surface area contributed by atoms with Gasteiger partial charge in [0.25, 0.3) is 0 Å². The molecule has 0 unspecified atom stereocenters. The van der Waals surface area contributed by atoms with Crippen molar-refractivity contribution in [2.24, 2.45) is 0 Å². The third kappa shape index (κ3) is 5.33. The van der Waals surface area contributed by atoms with Crippen LogP contribution in [0.5, 0.6) is 0 Å². The summed E-state index contributed by atoms with van der Waals surface area (Å²) in [6.45, 7) is 5.53. The van der Waals surface area contributed by atoms with Gasteiger partial charge in [0.05, 0.1) is 5.60 Å². The minimum atomic E-state index is -0.388. The molecule has 0 radical (unpaired) electrons. The second kappa shape index (κ2) is 7.02. The largest absolute Gasteiger partial charge is 0.389 e. The molecule has 0 amide bonds. The molecule has 1 fully saturated rings. The van der Waals surface area contributed by atoms with Crippen LogP contribution in [0.3, 0.4) is 0 Å². The van der Waals surface area contributed by atoms with E-state index in [2.05, 4.69) is 11.9 Å². The highest BCUT2D eigenvalue weighted by molar-refractivity contribution is 4.86. The lowest BCUT2D eigenvalue weighted by Gasteiger charge is -2.22. The molecule has 0 aliphatic heterocycles. The molecule has 88 valence electrons. The van der Waals surface area contributed by atoms with E-state index < -0.39 is 0 Å². The summed E-state index contributed by atoms with van der Waals surface area (Å²) in [7, 11) is 0. The fourth-order valence-corrected chi connectivity index (χ4v) is 2.25. The number of rotatable bonds is 8. The molecule has 0 atom stereocenters. The number of hydrogen-bond donors (Lipinski definition) is 2. The van der Waals surface area contributed by atoms with Gasteiger partial charge >= 0.3 is 0 Å². The van der Waals surface area contributed by atoms with Crippen molar-refractivity contribution in [3.8, 4) is 0 Å². The standard InChI is InChI=1S/C13H25NO/c1-2-3-4-5-8-11-14-12-13(15)9-6-7-10-13/h2,14-15H,1,3-12H2. The molecule has 0 aromatic carbocycles. The summed E-state index contributed by atoms with van der Waals surface area (Å²) >= 11 is 0. The van der Waals surface area contributed by atoms with Crippen LogP contribution in [0.1, 0.15) is 51.4 Å². The van der Waals surface area contributed by atoms with Crippen molar-refractivity contribution in [1.82, 2.24) is 5.32 Å².